The first kappa shape index (κ1) is 17.1. The number of amides is 2. The van der Waals surface area contributed by atoms with Crippen LogP contribution in [0.2, 0.25) is 0 Å². The largest absolute Gasteiger partial charge is 0.508 e. The van der Waals surface area contributed by atoms with Gasteiger partial charge >= 0.3 is 0 Å². The van der Waals surface area contributed by atoms with Crippen LogP contribution in [0.5, 0.6) is 5.75 Å². The van der Waals surface area contributed by atoms with E-state index in [-0.39, 0.29) is 17.1 Å². The Hall–Kier alpha value is -3.75. The van der Waals surface area contributed by atoms with Crippen molar-refractivity contribution in [2.45, 2.75) is 0 Å². The zero-order valence-electron chi connectivity index (χ0n) is 13.1. The SMILES string of the molecule is O=C(Nc1cn[nH]c1C(=O)Nc1ccc(F)cc1)c1cc(O)ccc1F. The molecule has 3 rings (SSSR count). The van der Waals surface area contributed by atoms with Crippen LogP contribution in [0, 0.1) is 11.6 Å². The summed E-state index contributed by atoms with van der Waals surface area (Å²) in [6.07, 6.45) is 1.18. The van der Waals surface area contributed by atoms with E-state index in [4.69, 9.17) is 0 Å². The lowest BCUT2D eigenvalue weighted by Gasteiger charge is -2.08. The van der Waals surface area contributed by atoms with Gasteiger partial charge in [0.1, 0.15) is 23.1 Å². The third-order valence-corrected chi connectivity index (χ3v) is 3.41. The van der Waals surface area contributed by atoms with Gasteiger partial charge < -0.3 is 15.7 Å². The maximum Gasteiger partial charge on any atom is 0.275 e. The fourth-order valence-electron chi connectivity index (χ4n) is 2.16. The second-order valence-electron chi connectivity index (χ2n) is 5.24. The van der Waals surface area contributed by atoms with Gasteiger partial charge in [-0.3, -0.25) is 14.7 Å². The van der Waals surface area contributed by atoms with Crippen molar-refractivity contribution in [1.29, 1.82) is 0 Å². The molecule has 0 atom stereocenters. The van der Waals surface area contributed by atoms with Crippen LogP contribution in [0.3, 0.4) is 0 Å². The summed E-state index contributed by atoms with van der Waals surface area (Å²) in [4.78, 5) is 24.5. The topological polar surface area (TPSA) is 107 Å². The van der Waals surface area contributed by atoms with Crippen molar-refractivity contribution >= 4 is 23.2 Å². The van der Waals surface area contributed by atoms with E-state index < -0.39 is 29.0 Å². The van der Waals surface area contributed by atoms with Crippen LogP contribution in [-0.2, 0) is 0 Å². The fraction of sp³-hybridized carbons (Fsp3) is 0. The number of halogens is 2. The van der Waals surface area contributed by atoms with Crippen LogP contribution in [0.15, 0.2) is 48.7 Å². The smallest absolute Gasteiger partial charge is 0.275 e. The van der Waals surface area contributed by atoms with Gasteiger partial charge in [-0.2, -0.15) is 5.10 Å². The van der Waals surface area contributed by atoms with Crippen molar-refractivity contribution in [3.63, 3.8) is 0 Å². The number of carbonyl (C=O) groups excluding carboxylic acids is 2. The monoisotopic (exact) mass is 358 g/mol. The molecule has 0 fully saturated rings. The fourth-order valence-corrected chi connectivity index (χ4v) is 2.16. The molecule has 26 heavy (non-hydrogen) atoms. The molecule has 0 spiro atoms. The van der Waals surface area contributed by atoms with E-state index in [1.807, 2.05) is 0 Å². The molecule has 2 amide bonds. The molecule has 0 radical (unpaired) electrons. The van der Waals surface area contributed by atoms with E-state index in [0.29, 0.717) is 5.69 Å². The van der Waals surface area contributed by atoms with Crippen molar-refractivity contribution in [1.82, 2.24) is 10.2 Å². The number of H-pyrrole nitrogens is 1. The average Bonchev–Trinajstić information content (AvgIpc) is 3.07. The van der Waals surface area contributed by atoms with Crippen molar-refractivity contribution < 1.29 is 23.5 Å². The Kier molecular flexibility index (Phi) is 4.61. The van der Waals surface area contributed by atoms with Gasteiger partial charge in [0.05, 0.1) is 17.4 Å². The number of nitrogens with one attached hydrogen (secondary N) is 3. The number of anilines is 2. The van der Waals surface area contributed by atoms with Crippen molar-refractivity contribution in [3.8, 4) is 5.75 Å². The first-order valence-corrected chi connectivity index (χ1v) is 7.34. The molecule has 0 aliphatic carbocycles. The first-order chi connectivity index (χ1) is 12.4. The first-order valence-electron chi connectivity index (χ1n) is 7.34. The number of aromatic hydroxyl groups is 1. The molecule has 0 saturated carbocycles. The predicted octanol–water partition coefficient (Wildman–Crippen LogP) is 2.90. The number of aromatic nitrogens is 2. The lowest BCUT2D eigenvalue weighted by atomic mass is 10.2. The van der Waals surface area contributed by atoms with Crippen molar-refractivity contribution in [2.75, 3.05) is 10.6 Å². The van der Waals surface area contributed by atoms with Crippen LogP contribution < -0.4 is 10.6 Å². The number of aromatic amines is 1. The molecule has 9 heteroatoms. The van der Waals surface area contributed by atoms with Gasteiger partial charge in [-0.1, -0.05) is 0 Å². The van der Waals surface area contributed by atoms with Gasteiger partial charge in [0.2, 0.25) is 0 Å². The highest BCUT2D eigenvalue weighted by molar-refractivity contribution is 6.11. The van der Waals surface area contributed by atoms with Gasteiger partial charge in [-0.25, -0.2) is 8.78 Å². The molecule has 0 bridgehead atoms. The van der Waals surface area contributed by atoms with Gasteiger partial charge in [0.25, 0.3) is 11.8 Å². The molecule has 1 heterocycles. The molecule has 1 aromatic heterocycles. The quantitative estimate of drug-likeness (QED) is 0.575. The van der Waals surface area contributed by atoms with E-state index in [9.17, 15) is 23.5 Å². The number of benzene rings is 2. The molecule has 4 N–H and O–H groups in total. The molecule has 0 unspecified atom stereocenters. The van der Waals surface area contributed by atoms with Crippen molar-refractivity contribution in [3.05, 3.63) is 71.6 Å². The number of phenols is 1. The number of carbonyl (C=O) groups is 2. The van der Waals surface area contributed by atoms with E-state index in [1.54, 1.807) is 0 Å². The molecular formula is C17H12F2N4O3. The molecule has 2 aromatic carbocycles. The van der Waals surface area contributed by atoms with Gasteiger partial charge in [0.15, 0.2) is 0 Å². The van der Waals surface area contributed by atoms with Crippen LogP contribution in [0.4, 0.5) is 20.2 Å². The normalized spacial score (nSPS) is 10.4. The molecular weight excluding hydrogens is 346 g/mol. The Morgan fingerprint density at radius 3 is 2.46 bits per heavy atom. The summed E-state index contributed by atoms with van der Waals surface area (Å²) in [6.45, 7) is 0. The summed E-state index contributed by atoms with van der Waals surface area (Å²) < 4.78 is 26.6. The highest BCUT2D eigenvalue weighted by Gasteiger charge is 2.19. The van der Waals surface area contributed by atoms with Crippen molar-refractivity contribution in [2.24, 2.45) is 0 Å². The Labute approximate surface area is 145 Å². The highest BCUT2D eigenvalue weighted by Crippen LogP contribution is 2.19. The maximum atomic E-state index is 13.7. The summed E-state index contributed by atoms with van der Waals surface area (Å²) in [5.41, 5.74) is -0.126. The minimum atomic E-state index is -0.865. The number of hydrogen-bond donors (Lipinski definition) is 4. The average molecular weight is 358 g/mol. The third-order valence-electron chi connectivity index (χ3n) is 3.41. The standard InChI is InChI=1S/C17H12F2N4O3/c18-9-1-3-10(4-2-9)21-17(26)15-14(8-20-23-15)22-16(25)12-7-11(24)5-6-13(12)19/h1-8,24H,(H,20,23)(H,21,26)(H,22,25). The van der Waals surface area contributed by atoms with Crippen LogP contribution in [0.1, 0.15) is 20.8 Å². The van der Waals surface area contributed by atoms with E-state index >= 15 is 0 Å². The van der Waals surface area contributed by atoms with Gasteiger partial charge in [-0.15, -0.1) is 0 Å². The Morgan fingerprint density at radius 1 is 1.00 bits per heavy atom. The van der Waals surface area contributed by atoms with Crippen LogP contribution in [0.25, 0.3) is 0 Å². The number of nitrogens with zero attached hydrogens (tertiary/aromatic N) is 1. The minimum Gasteiger partial charge on any atom is -0.508 e. The Morgan fingerprint density at radius 2 is 1.73 bits per heavy atom. The summed E-state index contributed by atoms with van der Waals surface area (Å²) in [5.74, 6) is -3.07. The molecule has 3 aromatic rings. The summed E-state index contributed by atoms with van der Waals surface area (Å²) in [5, 5.41) is 20.3. The Bertz CT molecular complexity index is 970. The van der Waals surface area contributed by atoms with E-state index in [0.717, 1.165) is 18.2 Å². The zero-order valence-corrected chi connectivity index (χ0v) is 13.1. The van der Waals surface area contributed by atoms with Crippen LogP contribution in [-0.4, -0.2) is 27.1 Å². The number of phenolic OH excluding ortho intramolecular Hbond substituents is 1. The van der Waals surface area contributed by atoms with Gasteiger partial charge in [0, 0.05) is 5.69 Å². The molecule has 0 aliphatic rings. The second kappa shape index (κ2) is 7.01. The second-order valence-corrected chi connectivity index (χ2v) is 5.24. The van der Waals surface area contributed by atoms with Crippen LogP contribution >= 0.6 is 0 Å². The Balaban J connectivity index is 1.77. The number of hydrogen-bond acceptors (Lipinski definition) is 4. The molecule has 132 valence electrons. The number of rotatable bonds is 4. The highest BCUT2D eigenvalue weighted by atomic mass is 19.1. The van der Waals surface area contributed by atoms with E-state index in [1.165, 1.54) is 30.5 Å². The maximum absolute atomic E-state index is 13.7. The molecule has 0 aliphatic heterocycles. The summed E-state index contributed by atoms with van der Waals surface area (Å²) in [6, 6.07) is 8.09. The van der Waals surface area contributed by atoms with E-state index in [2.05, 4.69) is 20.8 Å². The minimum absolute atomic E-state index is 0.0114. The summed E-state index contributed by atoms with van der Waals surface area (Å²) >= 11 is 0. The molecule has 7 nitrogen and oxygen atoms in total. The summed E-state index contributed by atoms with van der Waals surface area (Å²) in [7, 11) is 0. The zero-order chi connectivity index (χ0) is 18.7. The molecule has 0 saturated heterocycles. The van der Waals surface area contributed by atoms with Gasteiger partial charge in [-0.05, 0) is 42.5 Å². The predicted molar refractivity (Wildman–Crippen MR) is 89.0 cm³/mol. The lowest BCUT2D eigenvalue weighted by Crippen LogP contribution is -2.18. The lowest BCUT2D eigenvalue weighted by molar-refractivity contribution is 0.102. The third kappa shape index (κ3) is 3.66.